The molecule has 0 aromatic heterocycles. The van der Waals surface area contributed by atoms with Gasteiger partial charge in [0, 0.05) is 22.4 Å². The van der Waals surface area contributed by atoms with Crippen LogP contribution in [0.15, 0.2) is 53.4 Å². The summed E-state index contributed by atoms with van der Waals surface area (Å²) in [6, 6.07) is 12.4. The van der Waals surface area contributed by atoms with E-state index in [4.69, 9.17) is 11.6 Å². The van der Waals surface area contributed by atoms with Gasteiger partial charge in [0.05, 0.1) is 4.90 Å². The van der Waals surface area contributed by atoms with E-state index in [2.05, 4.69) is 0 Å². The molecule has 0 aliphatic carbocycles. The molecule has 0 spiro atoms. The van der Waals surface area contributed by atoms with Crippen molar-refractivity contribution in [3.8, 4) is 0 Å². The Morgan fingerprint density at radius 3 is 1.74 bits per heavy atom. The molecule has 5 heteroatoms. The van der Waals surface area contributed by atoms with E-state index in [0.717, 1.165) is 6.26 Å². The summed E-state index contributed by atoms with van der Waals surface area (Å²) in [6.45, 7) is 0. The first-order valence-electron chi connectivity index (χ1n) is 5.48. The van der Waals surface area contributed by atoms with Gasteiger partial charge in [-0.05, 0) is 48.5 Å². The van der Waals surface area contributed by atoms with Crippen LogP contribution in [-0.4, -0.2) is 20.5 Å². The van der Waals surface area contributed by atoms with Gasteiger partial charge < -0.3 is 0 Å². The number of carbonyl (C=O) groups excluding carboxylic acids is 1. The molecule has 2 rings (SSSR count). The largest absolute Gasteiger partial charge is 0.289 e. The van der Waals surface area contributed by atoms with Crippen LogP contribution in [0.5, 0.6) is 0 Å². The van der Waals surface area contributed by atoms with Crippen molar-refractivity contribution in [3.05, 3.63) is 64.7 Å². The Bertz CT molecular complexity index is 701. The number of sulfone groups is 1. The molecule has 0 fully saturated rings. The third kappa shape index (κ3) is 3.22. The Morgan fingerprint density at radius 1 is 0.895 bits per heavy atom. The summed E-state index contributed by atoms with van der Waals surface area (Å²) in [5.41, 5.74) is 0.950. The van der Waals surface area contributed by atoms with Crippen molar-refractivity contribution in [1.29, 1.82) is 0 Å². The smallest absolute Gasteiger partial charge is 0.193 e. The highest BCUT2D eigenvalue weighted by Crippen LogP contribution is 2.16. The summed E-state index contributed by atoms with van der Waals surface area (Å²) in [7, 11) is -3.24. The van der Waals surface area contributed by atoms with Gasteiger partial charge in [0.25, 0.3) is 0 Å². The second-order valence-corrected chi connectivity index (χ2v) is 6.58. The topological polar surface area (TPSA) is 51.2 Å². The molecule has 0 heterocycles. The lowest BCUT2D eigenvalue weighted by Crippen LogP contribution is -2.02. The summed E-state index contributed by atoms with van der Waals surface area (Å²) in [5.74, 6) is -0.170. The van der Waals surface area contributed by atoms with E-state index in [0.29, 0.717) is 16.1 Å². The monoisotopic (exact) mass is 294 g/mol. The molecule has 98 valence electrons. The summed E-state index contributed by atoms with van der Waals surface area (Å²) in [6.07, 6.45) is 1.13. The molecule has 3 nitrogen and oxygen atoms in total. The van der Waals surface area contributed by atoms with Crippen LogP contribution in [0.1, 0.15) is 15.9 Å². The first kappa shape index (κ1) is 13.8. The van der Waals surface area contributed by atoms with Crippen LogP contribution in [0, 0.1) is 0 Å². The third-order valence-corrected chi connectivity index (χ3v) is 4.03. The number of ketones is 1. The van der Waals surface area contributed by atoms with E-state index in [1.807, 2.05) is 0 Å². The van der Waals surface area contributed by atoms with Crippen molar-refractivity contribution in [2.24, 2.45) is 0 Å². The number of carbonyl (C=O) groups is 1. The molecule has 0 saturated carbocycles. The summed E-state index contributed by atoms with van der Waals surface area (Å²) in [5, 5.41) is 0.559. The minimum absolute atomic E-state index is 0.170. The molecule has 0 atom stereocenters. The molecule has 19 heavy (non-hydrogen) atoms. The van der Waals surface area contributed by atoms with Crippen LogP contribution in [0.4, 0.5) is 0 Å². The molecule has 0 aliphatic rings. The van der Waals surface area contributed by atoms with Crippen molar-refractivity contribution in [2.45, 2.75) is 4.90 Å². The highest BCUT2D eigenvalue weighted by molar-refractivity contribution is 7.90. The van der Waals surface area contributed by atoms with Crippen molar-refractivity contribution >= 4 is 27.2 Å². The molecule has 0 bridgehead atoms. The highest BCUT2D eigenvalue weighted by Gasteiger charge is 2.11. The first-order valence-corrected chi connectivity index (χ1v) is 7.75. The van der Waals surface area contributed by atoms with Crippen LogP contribution in [0.2, 0.25) is 5.02 Å². The van der Waals surface area contributed by atoms with Gasteiger partial charge in [0.1, 0.15) is 0 Å². The number of halogens is 1. The lowest BCUT2D eigenvalue weighted by Gasteiger charge is -2.03. The minimum Gasteiger partial charge on any atom is -0.289 e. The molecule has 0 radical (unpaired) electrons. The maximum Gasteiger partial charge on any atom is 0.193 e. The average molecular weight is 295 g/mol. The molecule has 0 amide bonds. The highest BCUT2D eigenvalue weighted by atomic mass is 35.5. The quantitative estimate of drug-likeness (QED) is 0.818. The van der Waals surface area contributed by atoms with E-state index >= 15 is 0 Å². The van der Waals surface area contributed by atoms with Crippen molar-refractivity contribution in [2.75, 3.05) is 6.26 Å². The molecular formula is C14H11ClO3S. The van der Waals surface area contributed by atoms with Crippen molar-refractivity contribution in [1.82, 2.24) is 0 Å². The molecule has 2 aromatic rings. The third-order valence-electron chi connectivity index (χ3n) is 2.65. The van der Waals surface area contributed by atoms with Crippen LogP contribution in [0.25, 0.3) is 0 Å². The number of rotatable bonds is 3. The zero-order chi connectivity index (χ0) is 14.0. The normalized spacial score (nSPS) is 11.3. The minimum atomic E-state index is -3.24. The maximum absolute atomic E-state index is 12.1. The fourth-order valence-corrected chi connectivity index (χ4v) is 2.38. The van der Waals surface area contributed by atoms with E-state index < -0.39 is 9.84 Å². The van der Waals surface area contributed by atoms with Crippen LogP contribution in [-0.2, 0) is 9.84 Å². The zero-order valence-corrected chi connectivity index (χ0v) is 11.7. The molecular weight excluding hydrogens is 284 g/mol. The van der Waals surface area contributed by atoms with E-state index in [9.17, 15) is 13.2 Å². The standard InChI is InChI=1S/C14H11ClO3S/c1-19(17,18)13-8-4-11(5-9-13)14(16)10-2-6-12(15)7-3-10/h2-9H,1H3. The van der Waals surface area contributed by atoms with Gasteiger partial charge in [-0.3, -0.25) is 4.79 Å². The number of benzene rings is 2. The van der Waals surface area contributed by atoms with Crippen LogP contribution in [0.3, 0.4) is 0 Å². The molecule has 0 aliphatic heterocycles. The predicted molar refractivity (Wildman–Crippen MR) is 74.4 cm³/mol. The summed E-state index contributed by atoms with van der Waals surface area (Å²) >= 11 is 5.76. The lowest BCUT2D eigenvalue weighted by molar-refractivity contribution is 0.103. The van der Waals surface area contributed by atoms with E-state index in [1.54, 1.807) is 24.3 Å². The second-order valence-electron chi connectivity index (χ2n) is 4.13. The fourth-order valence-electron chi connectivity index (χ4n) is 1.62. The summed E-state index contributed by atoms with van der Waals surface area (Å²) < 4.78 is 22.6. The Kier molecular flexibility index (Phi) is 3.73. The van der Waals surface area contributed by atoms with Gasteiger partial charge in [-0.2, -0.15) is 0 Å². The summed E-state index contributed by atoms with van der Waals surface area (Å²) in [4.78, 5) is 12.3. The predicted octanol–water partition coefficient (Wildman–Crippen LogP) is 2.97. The van der Waals surface area contributed by atoms with Gasteiger partial charge in [-0.25, -0.2) is 8.42 Å². The SMILES string of the molecule is CS(=O)(=O)c1ccc(C(=O)c2ccc(Cl)cc2)cc1. The van der Waals surface area contributed by atoms with Crippen molar-refractivity contribution in [3.63, 3.8) is 0 Å². The maximum atomic E-state index is 12.1. The Labute approximate surface area is 116 Å². The van der Waals surface area contributed by atoms with Crippen molar-refractivity contribution < 1.29 is 13.2 Å². The molecule has 0 saturated heterocycles. The first-order chi connectivity index (χ1) is 8.88. The average Bonchev–Trinajstić information content (AvgIpc) is 2.38. The Hall–Kier alpha value is -1.65. The molecule has 0 N–H and O–H groups in total. The molecule has 2 aromatic carbocycles. The van der Waals surface area contributed by atoms with Gasteiger partial charge in [0.2, 0.25) is 0 Å². The van der Waals surface area contributed by atoms with Gasteiger partial charge >= 0.3 is 0 Å². The molecule has 0 unspecified atom stereocenters. The van der Waals surface area contributed by atoms with Crippen LogP contribution < -0.4 is 0 Å². The van der Waals surface area contributed by atoms with E-state index in [1.165, 1.54) is 24.3 Å². The second kappa shape index (κ2) is 5.15. The Balaban J connectivity index is 2.32. The number of hydrogen-bond acceptors (Lipinski definition) is 3. The van der Waals surface area contributed by atoms with Gasteiger partial charge in [-0.1, -0.05) is 11.6 Å². The van der Waals surface area contributed by atoms with Gasteiger partial charge in [-0.15, -0.1) is 0 Å². The van der Waals surface area contributed by atoms with E-state index in [-0.39, 0.29) is 10.7 Å². The fraction of sp³-hybridized carbons (Fsp3) is 0.0714. The lowest BCUT2D eigenvalue weighted by atomic mass is 10.0. The Morgan fingerprint density at radius 2 is 1.32 bits per heavy atom. The van der Waals surface area contributed by atoms with Crippen LogP contribution >= 0.6 is 11.6 Å². The zero-order valence-electron chi connectivity index (χ0n) is 10.1. The van der Waals surface area contributed by atoms with Gasteiger partial charge in [0.15, 0.2) is 15.6 Å². The number of hydrogen-bond donors (Lipinski definition) is 0.